The first-order chi connectivity index (χ1) is 16.3. The van der Waals surface area contributed by atoms with Crippen molar-refractivity contribution >= 4 is 5.97 Å². The van der Waals surface area contributed by atoms with Crippen molar-refractivity contribution in [1.29, 1.82) is 0 Å². The van der Waals surface area contributed by atoms with Crippen LogP contribution in [-0.4, -0.2) is 64.9 Å². The highest BCUT2D eigenvalue weighted by Gasteiger charge is 2.17. The van der Waals surface area contributed by atoms with Crippen LogP contribution in [0.15, 0.2) is 0 Å². The number of ether oxygens (including phenoxy) is 5. The second-order valence-electron chi connectivity index (χ2n) is 9.13. The predicted molar refractivity (Wildman–Crippen MR) is 133 cm³/mol. The lowest BCUT2D eigenvalue weighted by molar-refractivity contribution is -0.150. The van der Waals surface area contributed by atoms with Crippen LogP contribution in [-0.2, 0) is 28.5 Å². The Morgan fingerprint density at radius 1 is 0.576 bits per heavy atom. The van der Waals surface area contributed by atoms with E-state index >= 15 is 0 Å². The van der Waals surface area contributed by atoms with Gasteiger partial charge in [-0.1, -0.05) is 64.7 Å². The third-order valence-corrected chi connectivity index (χ3v) is 6.03. The molecule has 0 aromatic carbocycles. The first kappa shape index (κ1) is 30.3. The molecule has 1 fully saturated rings. The maximum Gasteiger partial charge on any atom is 0.306 e. The summed E-state index contributed by atoms with van der Waals surface area (Å²) in [5, 5.41) is 0. The minimum atomic E-state index is -0.0870. The summed E-state index contributed by atoms with van der Waals surface area (Å²) in [5.74, 6) is -0.0870. The molecule has 196 valence electrons. The summed E-state index contributed by atoms with van der Waals surface area (Å²) < 4.78 is 27.6. The van der Waals surface area contributed by atoms with Gasteiger partial charge in [-0.05, 0) is 38.5 Å². The molecule has 0 aromatic rings. The van der Waals surface area contributed by atoms with Crippen molar-refractivity contribution < 1.29 is 28.5 Å². The lowest BCUT2D eigenvalue weighted by atomic mass is 9.98. The molecule has 0 amide bonds. The molecule has 6 nitrogen and oxygen atoms in total. The van der Waals surface area contributed by atoms with Crippen molar-refractivity contribution in [1.82, 2.24) is 0 Å². The van der Waals surface area contributed by atoms with Crippen molar-refractivity contribution in [2.45, 2.75) is 116 Å². The van der Waals surface area contributed by atoms with Crippen molar-refractivity contribution in [3.63, 3.8) is 0 Å². The minimum Gasteiger partial charge on any atom is -0.462 e. The summed E-state index contributed by atoms with van der Waals surface area (Å²) in [6, 6.07) is 0. The largest absolute Gasteiger partial charge is 0.462 e. The smallest absolute Gasteiger partial charge is 0.306 e. The fourth-order valence-electron chi connectivity index (χ4n) is 4.02. The quantitative estimate of drug-likeness (QED) is 0.122. The topological polar surface area (TPSA) is 63.2 Å². The Labute approximate surface area is 203 Å². The van der Waals surface area contributed by atoms with Crippen molar-refractivity contribution in [3.05, 3.63) is 0 Å². The van der Waals surface area contributed by atoms with Gasteiger partial charge in [-0.3, -0.25) is 4.79 Å². The number of carbonyl (C=O) groups is 1. The molecule has 1 saturated carbocycles. The highest BCUT2D eigenvalue weighted by Crippen LogP contribution is 2.20. The second kappa shape index (κ2) is 24.4. The normalized spacial score (nSPS) is 14.6. The van der Waals surface area contributed by atoms with E-state index in [-0.39, 0.29) is 12.1 Å². The number of rotatable bonds is 24. The zero-order valence-electron chi connectivity index (χ0n) is 21.5. The molecule has 0 spiro atoms. The van der Waals surface area contributed by atoms with Gasteiger partial charge in [-0.25, -0.2) is 0 Å². The maximum absolute atomic E-state index is 11.8. The van der Waals surface area contributed by atoms with Crippen LogP contribution >= 0.6 is 0 Å². The molecule has 0 N–H and O–H groups in total. The van der Waals surface area contributed by atoms with E-state index in [2.05, 4.69) is 6.92 Å². The van der Waals surface area contributed by atoms with E-state index in [4.69, 9.17) is 23.7 Å². The predicted octanol–water partition coefficient (Wildman–Crippen LogP) is 6.24. The fraction of sp³-hybridized carbons (Fsp3) is 0.963. The molecular formula is C27H52O6. The molecule has 0 bridgehead atoms. The molecule has 0 radical (unpaired) electrons. The van der Waals surface area contributed by atoms with Gasteiger partial charge in [-0.15, -0.1) is 0 Å². The van der Waals surface area contributed by atoms with Crippen LogP contribution in [0.3, 0.4) is 0 Å². The van der Waals surface area contributed by atoms with Crippen molar-refractivity contribution in [3.8, 4) is 0 Å². The van der Waals surface area contributed by atoms with Gasteiger partial charge in [0.1, 0.15) is 6.10 Å². The van der Waals surface area contributed by atoms with E-state index in [1.165, 1.54) is 70.6 Å². The summed E-state index contributed by atoms with van der Waals surface area (Å²) in [4.78, 5) is 11.8. The molecule has 0 aromatic heterocycles. The zero-order chi connectivity index (χ0) is 23.7. The summed E-state index contributed by atoms with van der Waals surface area (Å²) in [6.07, 6.45) is 19.0. The summed E-state index contributed by atoms with van der Waals surface area (Å²) in [6.45, 7) is 7.17. The van der Waals surface area contributed by atoms with E-state index in [0.29, 0.717) is 59.1 Å². The van der Waals surface area contributed by atoms with Gasteiger partial charge in [0.25, 0.3) is 0 Å². The Kier molecular flexibility index (Phi) is 22.5. The van der Waals surface area contributed by atoms with Crippen LogP contribution in [0.25, 0.3) is 0 Å². The van der Waals surface area contributed by atoms with Gasteiger partial charge in [0, 0.05) is 19.6 Å². The average Bonchev–Trinajstić information content (AvgIpc) is 2.83. The molecule has 0 heterocycles. The Morgan fingerprint density at radius 3 is 1.58 bits per heavy atom. The van der Waals surface area contributed by atoms with E-state index < -0.39 is 0 Å². The van der Waals surface area contributed by atoms with Gasteiger partial charge < -0.3 is 23.7 Å². The van der Waals surface area contributed by atoms with Crippen LogP contribution in [0.2, 0.25) is 0 Å². The average molecular weight is 473 g/mol. The zero-order valence-corrected chi connectivity index (χ0v) is 21.5. The van der Waals surface area contributed by atoms with Gasteiger partial charge in [0.2, 0.25) is 0 Å². The third-order valence-electron chi connectivity index (χ3n) is 6.03. The molecule has 0 saturated heterocycles. The first-order valence-electron chi connectivity index (χ1n) is 13.8. The Morgan fingerprint density at radius 2 is 1.03 bits per heavy atom. The van der Waals surface area contributed by atoms with E-state index in [1.54, 1.807) is 0 Å². The molecule has 0 atom stereocenters. The molecule has 1 aliphatic rings. The van der Waals surface area contributed by atoms with Crippen molar-refractivity contribution in [2.24, 2.45) is 0 Å². The molecule has 0 unspecified atom stereocenters. The monoisotopic (exact) mass is 472 g/mol. The van der Waals surface area contributed by atoms with Gasteiger partial charge in [0.15, 0.2) is 0 Å². The molecule has 33 heavy (non-hydrogen) atoms. The first-order valence-corrected chi connectivity index (χ1v) is 13.8. The summed E-state index contributed by atoms with van der Waals surface area (Å²) >= 11 is 0. The second-order valence-corrected chi connectivity index (χ2v) is 9.13. The van der Waals surface area contributed by atoms with Crippen LogP contribution in [0.1, 0.15) is 110 Å². The number of esters is 1. The Hall–Kier alpha value is -0.690. The van der Waals surface area contributed by atoms with Crippen LogP contribution in [0.5, 0.6) is 0 Å². The molecule has 0 aliphatic heterocycles. The Bertz CT molecular complexity index is 411. The molecule has 1 rings (SSSR count). The van der Waals surface area contributed by atoms with Crippen molar-refractivity contribution in [2.75, 3.05) is 52.9 Å². The number of hydrogen-bond donors (Lipinski definition) is 0. The lowest BCUT2D eigenvalue weighted by Crippen LogP contribution is -2.21. The van der Waals surface area contributed by atoms with Crippen LogP contribution in [0.4, 0.5) is 0 Å². The minimum absolute atomic E-state index is 0.0870. The van der Waals surface area contributed by atoms with Gasteiger partial charge in [-0.2, -0.15) is 0 Å². The van der Waals surface area contributed by atoms with Gasteiger partial charge in [0.05, 0.1) is 39.6 Å². The maximum atomic E-state index is 11.8. The van der Waals surface area contributed by atoms with Crippen LogP contribution in [0, 0.1) is 0 Å². The van der Waals surface area contributed by atoms with E-state index in [0.717, 1.165) is 25.9 Å². The molecule has 6 heteroatoms. The summed E-state index contributed by atoms with van der Waals surface area (Å²) in [7, 11) is 0. The SMILES string of the molecule is CCCCCCCCCCCOCCOCCOCCOCCCC(=O)OC1CCCCC1. The number of hydrogen-bond acceptors (Lipinski definition) is 6. The highest BCUT2D eigenvalue weighted by molar-refractivity contribution is 5.69. The molecular weight excluding hydrogens is 420 g/mol. The van der Waals surface area contributed by atoms with E-state index in [1.807, 2.05) is 0 Å². The Balaban J connectivity index is 1.67. The highest BCUT2D eigenvalue weighted by atomic mass is 16.6. The standard InChI is InChI=1S/C27H52O6/c1-2-3-4-5-6-7-8-9-13-18-29-20-22-31-24-25-32-23-21-30-19-14-17-27(28)33-26-15-11-10-12-16-26/h26H,2-25H2,1H3. The number of unbranched alkanes of at least 4 members (excludes halogenated alkanes) is 8. The van der Waals surface area contributed by atoms with Crippen LogP contribution < -0.4 is 0 Å². The summed E-state index contributed by atoms with van der Waals surface area (Å²) in [5.41, 5.74) is 0. The van der Waals surface area contributed by atoms with E-state index in [9.17, 15) is 4.79 Å². The van der Waals surface area contributed by atoms with Gasteiger partial charge >= 0.3 is 5.97 Å². The number of carbonyl (C=O) groups excluding carboxylic acids is 1. The fourth-order valence-corrected chi connectivity index (χ4v) is 4.02. The molecule has 1 aliphatic carbocycles. The third kappa shape index (κ3) is 21.6. The lowest BCUT2D eigenvalue weighted by Gasteiger charge is -2.21.